The van der Waals surface area contributed by atoms with E-state index in [0.29, 0.717) is 28.0 Å². The van der Waals surface area contributed by atoms with Crippen LogP contribution in [0.2, 0.25) is 0 Å². The zero-order valence-electron chi connectivity index (χ0n) is 14.1. The minimum atomic E-state index is -3.71. The molecule has 6 nitrogen and oxygen atoms in total. The minimum Gasteiger partial charge on any atom is -0.461 e. The van der Waals surface area contributed by atoms with Crippen LogP contribution in [0.4, 0.5) is 5.69 Å². The van der Waals surface area contributed by atoms with Gasteiger partial charge in [0.1, 0.15) is 11.3 Å². The van der Waals surface area contributed by atoms with E-state index in [9.17, 15) is 13.2 Å². The maximum atomic E-state index is 12.5. The van der Waals surface area contributed by atoms with Gasteiger partial charge in [-0.25, -0.2) is 8.42 Å². The average molecular weight is 358 g/mol. The predicted octanol–water partition coefficient (Wildman–Crippen LogP) is 3.21. The maximum absolute atomic E-state index is 12.5. The van der Waals surface area contributed by atoms with E-state index in [1.807, 2.05) is 6.92 Å². The zero-order valence-corrected chi connectivity index (χ0v) is 14.9. The van der Waals surface area contributed by atoms with Crippen molar-refractivity contribution in [2.45, 2.75) is 18.7 Å². The van der Waals surface area contributed by atoms with Crippen molar-refractivity contribution >= 4 is 32.6 Å². The van der Waals surface area contributed by atoms with Gasteiger partial charge >= 0.3 is 0 Å². The van der Waals surface area contributed by atoms with Crippen molar-refractivity contribution in [2.24, 2.45) is 0 Å². The van der Waals surface area contributed by atoms with Gasteiger partial charge in [-0.3, -0.25) is 9.52 Å². The van der Waals surface area contributed by atoms with E-state index in [1.54, 1.807) is 49.4 Å². The number of hydrogen-bond acceptors (Lipinski definition) is 4. The molecule has 0 radical (unpaired) electrons. The number of anilines is 1. The number of fused-ring (bicyclic) bond motifs is 1. The molecule has 1 heterocycles. The maximum Gasteiger partial charge on any atom is 0.261 e. The van der Waals surface area contributed by atoms with Crippen LogP contribution >= 0.6 is 0 Å². The van der Waals surface area contributed by atoms with Crippen molar-refractivity contribution in [1.29, 1.82) is 0 Å². The van der Waals surface area contributed by atoms with E-state index >= 15 is 0 Å². The fourth-order valence-corrected chi connectivity index (χ4v) is 3.67. The molecule has 0 atom stereocenters. The normalized spacial score (nSPS) is 11.5. The second kappa shape index (κ2) is 6.25. The van der Waals surface area contributed by atoms with E-state index in [1.165, 1.54) is 7.05 Å². The Kier molecular flexibility index (Phi) is 4.26. The Balaban J connectivity index is 2.02. The molecule has 0 aliphatic carbocycles. The summed E-state index contributed by atoms with van der Waals surface area (Å²) in [6.45, 7) is 3.58. The molecule has 0 fully saturated rings. The molecule has 1 aromatic heterocycles. The Bertz CT molecular complexity index is 1050. The Labute approximate surface area is 145 Å². The van der Waals surface area contributed by atoms with E-state index in [2.05, 4.69) is 10.0 Å². The Morgan fingerprint density at radius 2 is 1.72 bits per heavy atom. The SMILES string of the molecule is CNC(=O)c1c(C)oc2ccc(NS(=O)(=O)c3ccc(C)cc3)cc12. The van der Waals surface area contributed by atoms with Gasteiger partial charge in [-0.05, 0) is 44.2 Å². The van der Waals surface area contributed by atoms with Crippen LogP contribution in [-0.2, 0) is 10.0 Å². The summed E-state index contributed by atoms with van der Waals surface area (Å²) in [7, 11) is -2.18. The van der Waals surface area contributed by atoms with Crippen molar-refractivity contribution < 1.29 is 17.6 Å². The third kappa shape index (κ3) is 3.23. The molecule has 0 bridgehead atoms. The number of carbonyl (C=O) groups is 1. The van der Waals surface area contributed by atoms with Crippen LogP contribution in [0.5, 0.6) is 0 Å². The van der Waals surface area contributed by atoms with Gasteiger partial charge < -0.3 is 9.73 Å². The minimum absolute atomic E-state index is 0.174. The molecular weight excluding hydrogens is 340 g/mol. The van der Waals surface area contributed by atoms with Gasteiger partial charge in [-0.15, -0.1) is 0 Å². The first-order valence-electron chi connectivity index (χ1n) is 7.66. The number of carbonyl (C=O) groups excluding carboxylic acids is 1. The molecule has 0 spiro atoms. The van der Waals surface area contributed by atoms with Crippen LogP contribution in [0, 0.1) is 13.8 Å². The molecule has 2 aromatic carbocycles. The van der Waals surface area contributed by atoms with Crippen LogP contribution in [-0.4, -0.2) is 21.4 Å². The molecule has 7 heteroatoms. The standard InChI is InChI=1S/C18H18N2O4S/c1-11-4-7-14(8-5-11)25(22,23)20-13-6-9-16-15(10-13)17(12(2)24-16)18(21)19-3/h4-10,20H,1-3H3,(H,19,21). The fraction of sp³-hybridized carbons (Fsp3) is 0.167. The topological polar surface area (TPSA) is 88.4 Å². The van der Waals surface area contributed by atoms with Gasteiger partial charge in [0.2, 0.25) is 0 Å². The molecule has 0 saturated heterocycles. The van der Waals surface area contributed by atoms with E-state index < -0.39 is 10.0 Å². The van der Waals surface area contributed by atoms with Gasteiger partial charge in [0.05, 0.1) is 10.5 Å². The molecule has 2 N–H and O–H groups in total. The molecule has 0 aliphatic heterocycles. The molecule has 130 valence electrons. The molecular formula is C18H18N2O4S. The molecule has 0 saturated carbocycles. The second-order valence-corrected chi connectivity index (χ2v) is 7.42. The first-order chi connectivity index (χ1) is 11.8. The van der Waals surface area contributed by atoms with E-state index in [-0.39, 0.29) is 10.8 Å². The average Bonchev–Trinajstić information content (AvgIpc) is 2.89. The second-order valence-electron chi connectivity index (χ2n) is 5.74. The van der Waals surface area contributed by atoms with Gasteiger partial charge in [0.15, 0.2) is 0 Å². The fourth-order valence-electron chi connectivity index (χ4n) is 2.62. The van der Waals surface area contributed by atoms with Gasteiger partial charge in [0.25, 0.3) is 15.9 Å². The van der Waals surface area contributed by atoms with Crippen molar-refractivity contribution in [3.8, 4) is 0 Å². The number of sulfonamides is 1. The molecule has 0 unspecified atom stereocenters. The van der Waals surface area contributed by atoms with Gasteiger partial charge in [0, 0.05) is 18.1 Å². The van der Waals surface area contributed by atoms with Crippen LogP contribution in [0.25, 0.3) is 11.0 Å². The van der Waals surface area contributed by atoms with Gasteiger partial charge in [-0.2, -0.15) is 0 Å². The lowest BCUT2D eigenvalue weighted by Crippen LogP contribution is -2.18. The molecule has 1 amide bonds. The Morgan fingerprint density at radius 1 is 1.04 bits per heavy atom. The lowest BCUT2D eigenvalue weighted by molar-refractivity contribution is 0.0963. The highest BCUT2D eigenvalue weighted by Gasteiger charge is 2.19. The number of benzene rings is 2. The molecule has 3 aromatic rings. The monoisotopic (exact) mass is 358 g/mol. The lowest BCUT2D eigenvalue weighted by Gasteiger charge is -2.08. The largest absolute Gasteiger partial charge is 0.461 e. The number of rotatable bonds is 4. The van der Waals surface area contributed by atoms with Crippen molar-refractivity contribution in [2.75, 3.05) is 11.8 Å². The summed E-state index contributed by atoms with van der Waals surface area (Å²) in [6.07, 6.45) is 0. The van der Waals surface area contributed by atoms with Crippen LogP contribution in [0.1, 0.15) is 21.7 Å². The van der Waals surface area contributed by atoms with E-state index in [4.69, 9.17) is 4.42 Å². The third-order valence-electron chi connectivity index (χ3n) is 3.90. The first-order valence-corrected chi connectivity index (χ1v) is 9.15. The Hall–Kier alpha value is -2.80. The highest BCUT2D eigenvalue weighted by Crippen LogP contribution is 2.29. The highest BCUT2D eigenvalue weighted by molar-refractivity contribution is 7.92. The predicted molar refractivity (Wildman–Crippen MR) is 96.3 cm³/mol. The first kappa shape index (κ1) is 17.0. The summed E-state index contributed by atoms with van der Waals surface area (Å²) >= 11 is 0. The number of furan rings is 1. The van der Waals surface area contributed by atoms with Crippen LogP contribution < -0.4 is 10.0 Å². The smallest absolute Gasteiger partial charge is 0.261 e. The van der Waals surface area contributed by atoms with Crippen molar-refractivity contribution in [3.05, 3.63) is 59.4 Å². The summed E-state index contributed by atoms with van der Waals surface area (Å²) in [5, 5.41) is 3.12. The van der Waals surface area contributed by atoms with Crippen LogP contribution in [0.3, 0.4) is 0 Å². The zero-order chi connectivity index (χ0) is 18.2. The summed E-state index contributed by atoms with van der Waals surface area (Å²) in [5.41, 5.74) is 2.26. The summed E-state index contributed by atoms with van der Waals surface area (Å²) in [6, 6.07) is 11.4. The van der Waals surface area contributed by atoms with Crippen molar-refractivity contribution in [1.82, 2.24) is 5.32 Å². The number of nitrogens with one attached hydrogen (secondary N) is 2. The van der Waals surface area contributed by atoms with Crippen molar-refractivity contribution in [3.63, 3.8) is 0 Å². The van der Waals surface area contributed by atoms with E-state index in [0.717, 1.165) is 5.56 Å². The lowest BCUT2D eigenvalue weighted by atomic mass is 10.1. The molecule has 0 aliphatic rings. The summed E-state index contributed by atoms with van der Waals surface area (Å²) < 4.78 is 33.1. The molecule has 25 heavy (non-hydrogen) atoms. The van der Waals surface area contributed by atoms with Gasteiger partial charge in [-0.1, -0.05) is 17.7 Å². The quantitative estimate of drug-likeness (QED) is 0.749. The highest BCUT2D eigenvalue weighted by atomic mass is 32.2. The Morgan fingerprint density at radius 3 is 2.36 bits per heavy atom. The third-order valence-corrected chi connectivity index (χ3v) is 5.30. The summed E-state index contributed by atoms with van der Waals surface area (Å²) in [4.78, 5) is 12.2. The van der Waals surface area contributed by atoms with Crippen LogP contribution in [0.15, 0.2) is 51.8 Å². The number of hydrogen-bond donors (Lipinski definition) is 2. The number of aryl methyl sites for hydroxylation is 2. The molecule has 3 rings (SSSR count). The number of amides is 1. The summed E-state index contributed by atoms with van der Waals surface area (Å²) in [5.74, 6) is 0.197.